The van der Waals surface area contributed by atoms with E-state index in [1.807, 2.05) is 49.4 Å². The summed E-state index contributed by atoms with van der Waals surface area (Å²) in [4.78, 5) is 14.5. The third-order valence-corrected chi connectivity index (χ3v) is 4.02. The summed E-state index contributed by atoms with van der Waals surface area (Å²) in [5, 5.41) is 0.969. The third-order valence-electron chi connectivity index (χ3n) is 4.02. The monoisotopic (exact) mass is 277 g/mol. The summed E-state index contributed by atoms with van der Waals surface area (Å²) in [6.07, 6.45) is 0.904. The molecule has 0 fully saturated rings. The molecule has 1 amide bonds. The van der Waals surface area contributed by atoms with E-state index in [2.05, 4.69) is 6.07 Å². The van der Waals surface area contributed by atoms with Crippen molar-refractivity contribution in [1.82, 2.24) is 0 Å². The third kappa shape index (κ3) is 1.93. The molecule has 0 saturated heterocycles. The zero-order chi connectivity index (χ0) is 14.4. The van der Waals surface area contributed by atoms with E-state index in [1.54, 1.807) is 4.90 Å². The molecule has 4 rings (SSSR count). The van der Waals surface area contributed by atoms with Crippen LogP contribution in [-0.2, 0) is 6.42 Å². The Hall–Kier alpha value is -2.55. The van der Waals surface area contributed by atoms with E-state index in [-0.39, 0.29) is 5.91 Å². The summed E-state index contributed by atoms with van der Waals surface area (Å²) in [5.74, 6) is 0.348. The quantitative estimate of drug-likeness (QED) is 0.675. The Balaban J connectivity index is 1.74. The fourth-order valence-electron chi connectivity index (χ4n) is 2.93. The highest BCUT2D eigenvalue weighted by molar-refractivity contribution is 6.07. The highest BCUT2D eigenvalue weighted by atomic mass is 16.3. The van der Waals surface area contributed by atoms with Gasteiger partial charge in [0, 0.05) is 17.6 Å². The zero-order valence-corrected chi connectivity index (χ0v) is 11.8. The number of anilines is 1. The van der Waals surface area contributed by atoms with Gasteiger partial charge < -0.3 is 9.32 Å². The average Bonchev–Trinajstić information content (AvgIpc) is 3.09. The minimum Gasteiger partial charge on any atom is -0.451 e. The molecule has 3 aromatic rings. The average molecular weight is 277 g/mol. The van der Waals surface area contributed by atoms with E-state index in [4.69, 9.17) is 4.42 Å². The summed E-state index contributed by atoms with van der Waals surface area (Å²) in [5.41, 5.74) is 4.12. The van der Waals surface area contributed by atoms with Gasteiger partial charge in [-0.2, -0.15) is 0 Å². The summed E-state index contributed by atoms with van der Waals surface area (Å²) < 4.78 is 5.75. The van der Waals surface area contributed by atoms with Crippen LogP contribution in [0, 0.1) is 6.92 Å². The van der Waals surface area contributed by atoms with Crippen molar-refractivity contribution in [2.24, 2.45) is 0 Å². The van der Waals surface area contributed by atoms with Gasteiger partial charge in [-0.15, -0.1) is 0 Å². The first-order valence-electron chi connectivity index (χ1n) is 7.12. The van der Waals surface area contributed by atoms with Gasteiger partial charge in [0.2, 0.25) is 0 Å². The molecule has 3 nitrogen and oxygen atoms in total. The Bertz CT molecular complexity index is 847. The summed E-state index contributed by atoms with van der Waals surface area (Å²) in [6.45, 7) is 2.73. The number of hydrogen-bond donors (Lipinski definition) is 0. The number of furan rings is 1. The second-order valence-electron chi connectivity index (χ2n) is 5.49. The van der Waals surface area contributed by atoms with Gasteiger partial charge in [-0.3, -0.25) is 4.79 Å². The number of carbonyl (C=O) groups excluding carboxylic acids is 1. The Kier molecular flexibility index (Phi) is 2.61. The highest BCUT2D eigenvalue weighted by Crippen LogP contribution is 2.30. The van der Waals surface area contributed by atoms with E-state index < -0.39 is 0 Å². The van der Waals surface area contributed by atoms with Gasteiger partial charge in [-0.25, -0.2) is 0 Å². The van der Waals surface area contributed by atoms with Crippen molar-refractivity contribution in [3.63, 3.8) is 0 Å². The molecule has 0 saturated carbocycles. The van der Waals surface area contributed by atoms with Crippen LogP contribution in [0.25, 0.3) is 11.0 Å². The van der Waals surface area contributed by atoms with Crippen molar-refractivity contribution in [1.29, 1.82) is 0 Å². The number of rotatable bonds is 1. The van der Waals surface area contributed by atoms with E-state index in [0.29, 0.717) is 12.3 Å². The lowest BCUT2D eigenvalue weighted by Gasteiger charge is -2.15. The second kappa shape index (κ2) is 4.48. The van der Waals surface area contributed by atoms with Gasteiger partial charge in [-0.1, -0.05) is 30.3 Å². The largest absolute Gasteiger partial charge is 0.451 e. The number of benzene rings is 2. The standard InChI is InChI=1S/C18H15NO2/c1-12-6-7-14-11-17(21-16(14)10-12)18(20)19-9-8-13-4-2-3-5-15(13)19/h2-7,10-11H,8-9H2,1H3. The van der Waals surface area contributed by atoms with Crippen LogP contribution in [0.1, 0.15) is 21.7 Å². The molecule has 1 aliphatic heterocycles. The van der Waals surface area contributed by atoms with E-state index in [0.717, 1.165) is 28.6 Å². The van der Waals surface area contributed by atoms with Crippen LogP contribution >= 0.6 is 0 Å². The predicted molar refractivity (Wildman–Crippen MR) is 82.8 cm³/mol. The summed E-state index contributed by atoms with van der Waals surface area (Å²) >= 11 is 0. The Morgan fingerprint density at radius 3 is 2.90 bits per heavy atom. The van der Waals surface area contributed by atoms with Crippen LogP contribution < -0.4 is 4.90 Å². The van der Waals surface area contributed by atoms with Gasteiger partial charge in [0.1, 0.15) is 5.58 Å². The van der Waals surface area contributed by atoms with Crippen LogP contribution in [0.4, 0.5) is 5.69 Å². The molecule has 21 heavy (non-hydrogen) atoms. The fraction of sp³-hybridized carbons (Fsp3) is 0.167. The van der Waals surface area contributed by atoms with Crippen LogP contribution in [-0.4, -0.2) is 12.5 Å². The Labute approximate surface area is 122 Å². The first-order valence-corrected chi connectivity index (χ1v) is 7.12. The fourth-order valence-corrected chi connectivity index (χ4v) is 2.93. The van der Waals surface area contributed by atoms with Crippen LogP contribution in [0.5, 0.6) is 0 Å². The van der Waals surface area contributed by atoms with Crippen molar-refractivity contribution in [2.45, 2.75) is 13.3 Å². The van der Waals surface area contributed by atoms with Gasteiger partial charge in [0.15, 0.2) is 5.76 Å². The topological polar surface area (TPSA) is 33.5 Å². The van der Waals surface area contributed by atoms with Crippen molar-refractivity contribution < 1.29 is 9.21 Å². The van der Waals surface area contributed by atoms with Crippen molar-refractivity contribution in [2.75, 3.05) is 11.4 Å². The molecule has 0 bridgehead atoms. The molecule has 0 radical (unpaired) electrons. The molecule has 104 valence electrons. The molecule has 1 aliphatic rings. The summed E-state index contributed by atoms with van der Waals surface area (Å²) in [7, 11) is 0. The lowest BCUT2D eigenvalue weighted by atomic mass is 10.2. The predicted octanol–water partition coefficient (Wildman–Crippen LogP) is 3.94. The number of amides is 1. The van der Waals surface area contributed by atoms with Gasteiger partial charge in [0.05, 0.1) is 0 Å². The van der Waals surface area contributed by atoms with E-state index >= 15 is 0 Å². The highest BCUT2D eigenvalue weighted by Gasteiger charge is 2.27. The molecule has 0 atom stereocenters. The number of fused-ring (bicyclic) bond motifs is 2. The van der Waals surface area contributed by atoms with Crippen molar-refractivity contribution in [3.05, 3.63) is 65.4 Å². The molecular formula is C18H15NO2. The van der Waals surface area contributed by atoms with Crippen LogP contribution in [0.2, 0.25) is 0 Å². The van der Waals surface area contributed by atoms with Crippen LogP contribution in [0.3, 0.4) is 0 Å². The normalized spacial score (nSPS) is 13.7. The molecule has 2 aromatic carbocycles. The van der Waals surface area contributed by atoms with Gasteiger partial charge >= 0.3 is 0 Å². The number of nitrogens with zero attached hydrogens (tertiary/aromatic N) is 1. The smallest absolute Gasteiger partial charge is 0.294 e. The maximum absolute atomic E-state index is 12.7. The minimum absolute atomic E-state index is 0.0613. The molecule has 0 aliphatic carbocycles. The first-order chi connectivity index (χ1) is 10.2. The lowest BCUT2D eigenvalue weighted by molar-refractivity contribution is 0.0965. The SMILES string of the molecule is Cc1ccc2cc(C(=O)N3CCc4ccccc43)oc2c1. The molecule has 0 unspecified atom stereocenters. The van der Waals surface area contributed by atoms with E-state index in [1.165, 1.54) is 5.56 Å². The second-order valence-corrected chi connectivity index (χ2v) is 5.49. The Morgan fingerprint density at radius 2 is 2.00 bits per heavy atom. The number of hydrogen-bond acceptors (Lipinski definition) is 2. The first kappa shape index (κ1) is 12.2. The minimum atomic E-state index is -0.0613. The maximum Gasteiger partial charge on any atom is 0.294 e. The molecule has 1 aromatic heterocycles. The molecule has 0 N–H and O–H groups in total. The maximum atomic E-state index is 12.7. The Morgan fingerprint density at radius 1 is 1.14 bits per heavy atom. The van der Waals surface area contributed by atoms with Crippen molar-refractivity contribution >= 4 is 22.6 Å². The zero-order valence-electron chi connectivity index (χ0n) is 11.8. The molecular weight excluding hydrogens is 262 g/mol. The van der Waals surface area contributed by atoms with Crippen LogP contribution in [0.15, 0.2) is 52.9 Å². The molecule has 0 spiro atoms. The number of para-hydroxylation sites is 1. The molecule has 2 heterocycles. The van der Waals surface area contributed by atoms with Gasteiger partial charge in [-0.05, 0) is 42.7 Å². The lowest BCUT2D eigenvalue weighted by Crippen LogP contribution is -2.28. The number of aryl methyl sites for hydroxylation is 1. The van der Waals surface area contributed by atoms with E-state index in [9.17, 15) is 4.79 Å². The van der Waals surface area contributed by atoms with Crippen molar-refractivity contribution in [3.8, 4) is 0 Å². The summed E-state index contributed by atoms with van der Waals surface area (Å²) in [6, 6.07) is 15.9. The van der Waals surface area contributed by atoms with Gasteiger partial charge in [0.25, 0.3) is 5.91 Å². The number of carbonyl (C=O) groups is 1. The molecule has 3 heteroatoms.